The van der Waals surface area contributed by atoms with Gasteiger partial charge in [-0.25, -0.2) is 0 Å². The molecule has 0 atom stereocenters. The lowest BCUT2D eigenvalue weighted by Crippen LogP contribution is -2.16. The molecule has 1 aliphatic rings. The molecule has 1 saturated carbocycles. The third-order valence-corrected chi connectivity index (χ3v) is 3.98. The molecule has 0 radical (unpaired) electrons. The van der Waals surface area contributed by atoms with Gasteiger partial charge in [-0.15, -0.1) is 0 Å². The Morgan fingerprint density at radius 3 is 2.85 bits per heavy atom. The molecule has 20 heavy (non-hydrogen) atoms. The highest BCUT2D eigenvalue weighted by Crippen LogP contribution is 2.21. The molecular weight excluding hydrogens is 248 g/mol. The molecule has 0 unspecified atom stereocenters. The van der Waals surface area contributed by atoms with Gasteiger partial charge in [0.1, 0.15) is 0 Å². The summed E-state index contributed by atoms with van der Waals surface area (Å²) < 4.78 is 2.12. The Kier molecular flexibility index (Phi) is 3.83. The van der Waals surface area contributed by atoms with E-state index in [0.717, 1.165) is 36.9 Å². The minimum Gasteiger partial charge on any atom is -0.310 e. The molecule has 2 aromatic rings. The van der Waals surface area contributed by atoms with Crippen molar-refractivity contribution in [2.75, 3.05) is 0 Å². The van der Waals surface area contributed by atoms with Gasteiger partial charge in [0.05, 0.1) is 5.69 Å². The molecule has 0 saturated heterocycles. The number of aromatic nitrogens is 3. The second kappa shape index (κ2) is 5.75. The largest absolute Gasteiger partial charge is 0.310 e. The van der Waals surface area contributed by atoms with E-state index >= 15 is 0 Å². The van der Waals surface area contributed by atoms with E-state index in [-0.39, 0.29) is 0 Å². The van der Waals surface area contributed by atoms with Crippen LogP contribution >= 0.6 is 0 Å². The molecule has 1 N–H and O–H groups in total. The Bertz CT molecular complexity index is 570. The molecule has 0 amide bonds. The van der Waals surface area contributed by atoms with Gasteiger partial charge in [-0.3, -0.25) is 9.67 Å². The molecule has 4 heteroatoms. The molecule has 0 aromatic carbocycles. The number of hydrogen-bond acceptors (Lipinski definition) is 3. The molecule has 1 aliphatic carbocycles. The van der Waals surface area contributed by atoms with Crippen molar-refractivity contribution in [2.45, 2.75) is 52.2 Å². The Balaban J connectivity index is 1.65. The maximum atomic E-state index is 4.67. The van der Waals surface area contributed by atoms with E-state index in [9.17, 15) is 0 Å². The summed E-state index contributed by atoms with van der Waals surface area (Å²) in [6.45, 7) is 6.12. The second-order valence-electron chi connectivity index (χ2n) is 5.60. The van der Waals surface area contributed by atoms with Crippen LogP contribution in [0.1, 0.15) is 35.5 Å². The van der Waals surface area contributed by atoms with Crippen molar-refractivity contribution in [3.63, 3.8) is 0 Å². The molecule has 3 rings (SSSR count). The standard InChI is InChI=1S/C16H22N4/c1-12-16(11-18-15-6-7-15)13(2)20(19-12)10-8-14-5-3-4-9-17-14/h3-5,9,15,18H,6-8,10-11H2,1-2H3. The minimum absolute atomic E-state index is 0.741. The van der Waals surface area contributed by atoms with Crippen LogP contribution in [0.15, 0.2) is 24.4 Å². The fraction of sp³-hybridized carbons (Fsp3) is 0.500. The van der Waals surface area contributed by atoms with E-state index in [1.165, 1.54) is 24.1 Å². The zero-order valence-corrected chi connectivity index (χ0v) is 12.3. The van der Waals surface area contributed by atoms with Crippen molar-refractivity contribution >= 4 is 0 Å². The first-order chi connectivity index (χ1) is 9.74. The van der Waals surface area contributed by atoms with Crippen LogP contribution in [-0.2, 0) is 19.5 Å². The van der Waals surface area contributed by atoms with Crippen LogP contribution in [-0.4, -0.2) is 20.8 Å². The highest BCUT2D eigenvalue weighted by atomic mass is 15.3. The molecular formula is C16H22N4. The first-order valence-corrected chi connectivity index (χ1v) is 7.40. The average molecular weight is 270 g/mol. The van der Waals surface area contributed by atoms with E-state index in [2.05, 4.69) is 40.0 Å². The van der Waals surface area contributed by atoms with Gasteiger partial charge in [0.2, 0.25) is 0 Å². The lowest BCUT2D eigenvalue weighted by molar-refractivity contribution is 0.586. The van der Waals surface area contributed by atoms with Crippen molar-refractivity contribution in [1.29, 1.82) is 0 Å². The lowest BCUT2D eigenvalue weighted by atomic mass is 10.2. The van der Waals surface area contributed by atoms with Crippen molar-refractivity contribution < 1.29 is 0 Å². The monoisotopic (exact) mass is 270 g/mol. The van der Waals surface area contributed by atoms with Gasteiger partial charge in [0, 0.05) is 48.7 Å². The topological polar surface area (TPSA) is 42.7 Å². The fourth-order valence-electron chi connectivity index (χ4n) is 2.51. The van der Waals surface area contributed by atoms with Crippen LogP contribution in [0.4, 0.5) is 0 Å². The summed E-state index contributed by atoms with van der Waals surface area (Å²) in [6.07, 6.45) is 5.43. The maximum absolute atomic E-state index is 4.67. The Morgan fingerprint density at radius 1 is 1.30 bits per heavy atom. The van der Waals surface area contributed by atoms with Gasteiger partial charge in [-0.2, -0.15) is 5.10 Å². The van der Waals surface area contributed by atoms with Crippen LogP contribution in [0.2, 0.25) is 0 Å². The molecule has 2 heterocycles. The van der Waals surface area contributed by atoms with Crippen molar-refractivity contribution in [2.24, 2.45) is 0 Å². The summed E-state index contributed by atoms with van der Waals surface area (Å²) in [5.74, 6) is 0. The number of pyridine rings is 1. The van der Waals surface area contributed by atoms with Crippen LogP contribution < -0.4 is 5.32 Å². The van der Waals surface area contributed by atoms with Crippen molar-refractivity contribution in [3.8, 4) is 0 Å². The molecule has 106 valence electrons. The average Bonchev–Trinajstić information content (AvgIpc) is 3.24. The van der Waals surface area contributed by atoms with Crippen molar-refractivity contribution in [1.82, 2.24) is 20.1 Å². The van der Waals surface area contributed by atoms with Gasteiger partial charge < -0.3 is 5.32 Å². The van der Waals surface area contributed by atoms with E-state index in [1.807, 2.05) is 18.3 Å². The lowest BCUT2D eigenvalue weighted by Gasteiger charge is -2.06. The fourth-order valence-corrected chi connectivity index (χ4v) is 2.51. The molecule has 0 aliphatic heterocycles. The van der Waals surface area contributed by atoms with Gasteiger partial charge in [-0.05, 0) is 38.8 Å². The molecule has 0 spiro atoms. The Labute approximate surface area is 120 Å². The molecule has 1 fully saturated rings. The Hall–Kier alpha value is -1.68. The summed E-state index contributed by atoms with van der Waals surface area (Å²) in [7, 11) is 0. The Morgan fingerprint density at radius 2 is 2.15 bits per heavy atom. The van der Waals surface area contributed by atoms with E-state index in [4.69, 9.17) is 0 Å². The maximum Gasteiger partial charge on any atom is 0.0641 e. The quantitative estimate of drug-likeness (QED) is 0.876. The second-order valence-corrected chi connectivity index (χ2v) is 5.60. The van der Waals surface area contributed by atoms with Crippen molar-refractivity contribution in [3.05, 3.63) is 47.0 Å². The predicted molar refractivity (Wildman–Crippen MR) is 79.5 cm³/mol. The highest BCUT2D eigenvalue weighted by Gasteiger charge is 2.21. The third-order valence-electron chi connectivity index (χ3n) is 3.98. The zero-order valence-electron chi connectivity index (χ0n) is 12.3. The number of rotatable bonds is 6. The van der Waals surface area contributed by atoms with E-state index in [0.29, 0.717) is 0 Å². The minimum atomic E-state index is 0.741. The predicted octanol–water partition coefficient (Wildman–Crippen LogP) is 2.39. The number of aryl methyl sites for hydroxylation is 3. The number of nitrogens with one attached hydrogen (secondary N) is 1. The summed E-state index contributed by atoms with van der Waals surface area (Å²) in [4.78, 5) is 4.37. The first kappa shape index (κ1) is 13.3. The number of hydrogen-bond donors (Lipinski definition) is 1. The summed E-state index contributed by atoms with van der Waals surface area (Å²) >= 11 is 0. The highest BCUT2D eigenvalue weighted by molar-refractivity contribution is 5.24. The molecule has 0 bridgehead atoms. The van der Waals surface area contributed by atoms with Gasteiger partial charge >= 0.3 is 0 Å². The molecule has 4 nitrogen and oxygen atoms in total. The SMILES string of the molecule is Cc1nn(CCc2ccccn2)c(C)c1CNC1CC1. The van der Waals surface area contributed by atoms with E-state index < -0.39 is 0 Å². The first-order valence-electron chi connectivity index (χ1n) is 7.40. The zero-order chi connectivity index (χ0) is 13.9. The summed E-state index contributed by atoms with van der Waals surface area (Å²) in [6, 6.07) is 6.80. The van der Waals surface area contributed by atoms with Crippen LogP contribution in [0.5, 0.6) is 0 Å². The van der Waals surface area contributed by atoms with Gasteiger partial charge in [0.15, 0.2) is 0 Å². The smallest absolute Gasteiger partial charge is 0.0641 e. The van der Waals surface area contributed by atoms with Gasteiger partial charge in [-0.1, -0.05) is 6.07 Å². The third kappa shape index (κ3) is 3.07. The summed E-state index contributed by atoms with van der Waals surface area (Å²) in [5.41, 5.74) is 4.92. The summed E-state index contributed by atoms with van der Waals surface area (Å²) in [5, 5.41) is 8.25. The molecule has 2 aromatic heterocycles. The van der Waals surface area contributed by atoms with Crippen LogP contribution in [0, 0.1) is 13.8 Å². The normalized spacial score (nSPS) is 14.7. The van der Waals surface area contributed by atoms with E-state index in [1.54, 1.807) is 0 Å². The number of nitrogens with zero attached hydrogens (tertiary/aromatic N) is 3. The van der Waals surface area contributed by atoms with Crippen LogP contribution in [0.25, 0.3) is 0 Å². The van der Waals surface area contributed by atoms with Crippen LogP contribution in [0.3, 0.4) is 0 Å². The van der Waals surface area contributed by atoms with Gasteiger partial charge in [0.25, 0.3) is 0 Å².